The quantitative estimate of drug-likeness (QED) is 0.871. The van der Waals surface area contributed by atoms with Gasteiger partial charge in [-0.1, -0.05) is 42.1 Å². The van der Waals surface area contributed by atoms with E-state index >= 15 is 0 Å². The van der Waals surface area contributed by atoms with Crippen molar-refractivity contribution in [1.82, 2.24) is 5.32 Å². The van der Waals surface area contributed by atoms with Crippen molar-refractivity contribution in [2.24, 2.45) is 0 Å². The third-order valence-corrected chi connectivity index (χ3v) is 5.44. The SMILES string of the molecule is Clc1ccc(CCNC2CCOC3(CCCC3)C2)c(Cl)c1. The van der Waals surface area contributed by atoms with Crippen molar-refractivity contribution >= 4 is 23.2 Å². The number of benzene rings is 1. The van der Waals surface area contributed by atoms with E-state index in [9.17, 15) is 0 Å². The average molecular weight is 328 g/mol. The van der Waals surface area contributed by atoms with Crippen molar-refractivity contribution in [3.63, 3.8) is 0 Å². The van der Waals surface area contributed by atoms with Gasteiger partial charge >= 0.3 is 0 Å². The zero-order valence-electron chi connectivity index (χ0n) is 12.3. The van der Waals surface area contributed by atoms with Gasteiger partial charge in [0, 0.05) is 22.7 Å². The molecule has 1 saturated heterocycles. The van der Waals surface area contributed by atoms with Crippen molar-refractivity contribution in [3.8, 4) is 0 Å². The van der Waals surface area contributed by atoms with Gasteiger partial charge in [0.15, 0.2) is 0 Å². The molecule has 2 aliphatic rings. The minimum Gasteiger partial charge on any atom is -0.375 e. The van der Waals surface area contributed by atoms with Crippen molar-refractivity contribution in [1.29, 1.82) is 0 Å². The van der Waals surface area contributed by atoms with Crippen molar-refractivity contribution in [2.45, 2.75) is 56.6 Å². The van der Waals surface area contributed by atoms with Crippen LogP contribution in [0.3, 0.4) is 0 Å². The molecule has 1 aromatic rings. The molecule has 21 heavy (non-hydrogen) atoms. The van der Waals surface area contributed by atoms with Gasteiger partial charge in [0.05, 0.1) is 5.60 Å². The first kappa shape index (κ1) is 15.6. The second-order valence-electron chi connectivity index (χ2n) is 6.37. The Bertz CT molecular complexity index is 486. The van der Waals surface area contributed by atoms with Crippen LogP contribution in [-0.4, -0.2) is 24.8 Å². The molecule has 1 aliphatic carbocycles. The Hall–Kier alpha value is -0.280. The van der Waals surface area contributed by atoms with Gasteiger partial charge in [0.1, 0.15) is 0 Å². The average Bonchev–Trinajstić information content (AvgIpc) is 2.89. The Morgan fingerprint density at radius 1 is 1.24 bits per heavy atom. The highest BCUT2D eigenvalue weighted by atomic mass is 35.5. The van der Waals surface area contributed by atoms with Crippen LogP contribution in [0, 0.1) is 0 Å². The van der Waals surface area contributed by atoms with Crippen LogP contribution in [0.5, 0.6) is 0 Å². The van der Waals surface area contributed by atoms with Crippen LogP contribution >= 0.6 is 23.2 Å². The Labute approximate surface area is 137 Å². The Kier molecular flexibility index (Phi) is 5.11. The van der Waals surface area contributed by atoms with E-state index in [1.54, 1.807) is 0 Å². The maximum atomic E-state index is 6.22. The molecule has 1 aromatic carbocycles. The van der Waals surface area contributed by atoms with E-state index in [-0.39, 0.29) is 5.60 Å². The van der Waals surface area contributed by atoms with Crippen LogP contribution in [0.1, 0.15) is 44.1 Å². The third kappa shape index (κ3) is 3.92. The van der Waals surface area contributed by atoms with Gasteiger partial charge in [-0.2, -0.15) is 0 Å². The lowest BCUT2D eigenvalue weighted by atomic mass is 9.89. The molecule has 0 radical (unpaired) electrons. The predicted molar refractivity (Wildman–Crippen MR) is 88.3 cm³/mol. The second kappa shape index (κ2) is 6.87. The van der Waals surface area contributed by atoms with E-state index in [1.165, 1.54) is 32.1 Å². The summed E-state index contributed by atoms with van der Waals surface area (Å²) in [5.41, 5.74) is 1.35. The zero-order chi connectivity index (χ0) is 14.7. The number of hydrogen-bond donors (Lipinski definition) is 1. The summed E-state index contributed by atoms with van der Waals surface area (Å²) in [6.45, 7) is 1.86. The van der Waals surface area contributed by atoms with Crippen molar-refractivity contribution in [3.05, 3.63) is 33.8 Å². The summed E-state index contributed by atoms with van der Waals surface area (Å²) in [5.74, 6) is 0. The minimum absolute atomic E-state index is 0.188. The lowest BCUT2D eigenvalue weighted by Crippen LogP contribution is -2.46. The summed E-state index contributed by atoms with van der Waals surface area (Å²) in [5, 5.41) is 5.16. The maximum absolute atomic E-state index is 6.22. The number of rotatable bonds is 4. The zero-order valence-corrected chi connectivity index (χ0v) is 13.8. The predicted octanol–water partition coefficient (Wildman–Crippen LogP) is 4.62. The summed E-state index contributed by atoms with van der Waals surface area (Å²) in [4.78, 5) is 0. The normalized spacial score (nSPS) is 24.6. The van der Waals surface area contributed by atoms with Crippen LogP contribution in [0.4, 0.5) is 0 Å². The molecule has 1 saturated carbocycles. The monoisotopic (exact) mass is 327 g/mol. The van der Waals surface area contributed by atoms with Crippen LogP contribution in [0.25, 0.3) is 0 Å². The van der Waals surface area contributed by atoms with Gasteiger partial charge in [-0.3, -0.25) is 0 Å². The van der Waals surface area contributed by atoms with Gasteiger partial charge in [0.25, 0.3) is 0 Å². The molecule has 1 N–H and O–H groups in total. The van der Waals surface area contributed by atoms with E-state index in [1.807, 2.05) is 18.2 Å². The van der Waals surface area contributed by atoms with Crippen LogP contribution < -0.4 is 5.32 Å². The van der Waals surface area contributed by atoms with Gasteiger partial charge < -0.3 is 10.1 Å². The van der Waals surface area contributed by atoms with Gasteiger partial charge in [-0.05, 0) is 56.3 Å². The first-order chi connectivity index (χ1) is 10.2. The van der Waals surface area contributed by atoms with Crippen LogP contribution in [0.2, 0.25) is 10.0 Å². The molecular formula is C17H23Cl2NO. The van der Waals surface area contributed by atoms with E-state index in [0.29, 0.717) is 11.1 Å². The fourth-order valence-corrected chi connectivity index (χ4v) is 4.21. The van der Waals surface area contributed by atoms with Gasteiger partial charge in [-0.25, -0.2) is 0 Å². The number of hydrogen-bond acceptors (Lipinski definition) is 2. The lowest BCUT2D eigenvalue weighted by Gasteiger charge is -2.38. The van der Waals surface area contributed by atoms with E-state index in [4.69, 9.17) is 27.9 Å². The van der Waals surface area contributed by atoms with Gasteiger partial charge in [0.2, 0.25) is 0 Å². The molecule has 4 heteroatoms. The van der Waals surface area contributed by atoms with E-state index in [0.717, 1.165) is 36.6 Å². The highest BCUT2D eigenvalue weighted by Crippen LogP contribution is 2.39. The van der Waals surface area contributed by atoms with Crippen LogP contribution in [-0.2, 0) is 11.2 Å². The summed E-state index contributed by atoms with van der Waals surface area (Å²) < 4.78 is 6.08. The molecule has 2 nitrogen and oxygen atoms in total. The molecule has 1 heterocycles. The molecule has 2 fully saturated rings. The molecule has 1 unspecified atom stereocenters. The largest absolute Gasteiger partial charge is 0.375 e. The van der Waals surface area contributed by atoms with Crippen molar-refractivity contribution < 1.29 is 4.74 Å². The Morgan fingerprint density at radius 3 is 2.81 bits per heavy atom. The molecule has 0 aromatic heterocycles. The standard InChI is InChI=1S/C17H23Cl2NO/c18-14-4-3-13(16(19)11-14)5-9-20-15-6-10-21-17(12-15)7-1-2-8-17/h3-4,11,15,20H,1-2,5-10,12H2. The fraction of sp³-hybridized carbons (Fsp3) is 0.647. The summed E-state index contributed by atoms with van der Waals surface area (Å²) in [7, 11) is 0. The number of ether oxygens (including phenoxy) is 1. The fourth-order valence-electron chi connectivity index (χ4n) is 3.71. The highest BCUT2D eigenvalue weighted by molar-refractivity contribution is 6.35. The summed E-state index contributed by atoms with van der Waals surface area (Å²) in [6.07, 6.45) is 8.38. The maximum Gasteiger partial charge on any atom is 0.0697 e. The van der Waals surface area contributed by atoms with Crippen LogP contribution in [0.15, 0.2) is 18.2 Å². The molecule has 1 atom stereocenters. The topological polar surface area (TPSA) is 21.3 Å². The molecule has 0 amide bonds. The smallest absolute Gasteiger partial charge is 0.0697 e. The Balaban J connectivity index is 1.48. The first-order valence-corrected chi connectivity index (χ1v) is 8.74. The second-order valence-corrected chi connectivity index (χ2v) is 7.21. The molecule has 3 rings (SSSR count). The Morgan fingerprint density at radius 2 is 2.05 bits per heavy atom. The molecule has 1 spiro atoms. The number of nitrogens with one attached hydrogen (secondary N) is 1. The molecular weight excluding hydrogens is 305 g/mol. The van der Waals surface area contributed by atoms with E-state index < -0.39 is 0 Å². The molecule has 1 aliphatic heterocycles. The summed E-state index contributed by atoms with van der Waals surface area (Å²) >= 11 is 12.1. The van der Waals surface area contributed by atoms with E-state index in [2.05, 4.69) is 5.32 Å². The van der Waals surface area contributed by atoms with Gasteiger partial charge in [-0.15, -0.1) is 0 Å². The third-order valence-electron chi connectivity index (χ3n) is 4.85. The molecule has 0 bridgehead atoms. The summed E-state index contributed by atoms with van der Waals surface area (Å²) in [6, 6.07) is 6.34. The molecule has 116 valence electrons. The van der Waals surface area contributed by atoms with Crippen molar-refractivity contribution in [2.75, 3.05) is 13.2 Å². The minimum atomic E-state index is 0.188. The lowest BCUT2D eigenvalue weighted by molar-refractivity contribution is -0.0834. The highest BCUT2D eigenvalue weighted by Gasteiger charge is 2.39. The number of halogens is 2. The first-order valence-electron chi connectivity index (χ1n) is 7.98.